The largest absolute Gasteiger partial charge is 0.573 e. The zero-order valence-electron chi connectivity index (χ0n) is 10.7. The number of fused-ring (bicyclic) bond motifs is 1. The summed E-state index contributed by atoms with van der Waals surface area (Å²) in [7, 11) is 0. The van der Waals surface area contributed by atoms with Gasteiger partial charge in [-0.25, -0.2) is 13.8 Å². The first-order valence-corrected chi connectivity index (χ1v) is 6.03. The third-order valence-corrected chi connectivity index (χ3v) is 2.88. The summed E-state index contributed by atoms with van der Waals surface area (Å²) in [5.74, 6) is -3.51. The molecule has 1 heterocycles. The number of halogens is 5. The number of benzene rings is 2. The summed E-state index contributed by atoms with van der Waals surface area (Å²) in [6.45, 7) is 0. The van der Waals surface area contributed by atoms with E-state index < -0.39 is 29.3 Å². The Labute approximate surface area is 120 Å². The molecule has 114 valence electrons. The second-order valence-electron chi connectivity index (χ2n) is 4.41. The van der Waals surface area contributed by atoms with Crippen molar-refractivity contribution >= 4 is 11.0 Å². The molecule has 0 atom stereocenters. The van der Waals surface area contributed by atoms with Crippen LogP contribution in [0.15, 0.2) is 36.4 Å². The average Bonchev–Trinajstić information content (AvgIpc) is 2.78. The van der Waals surface area contributed by atoms with Gasteiger partial charge in [0.15, 0.2) is 0 Å². The average molecular weight is 314 g/mol. The Morgan fingerprint density at radius 1 is 1.00 bits per heavy atom. The molecule has 1 aromatic heterocycles. The fraction of sp³-hybridized carbons (Fsp3) is 0.0714. The number of para-hydroxylation sites is 2. The molecule has 0 saturated heterocycles. The van der Waals surface area contributed by atoms with E-state index in [4.69, 9.17) is 0 Å². The Hall–Kier alpha value is -2.64. The van der Waals surface area contributed by atoms with Crippen molar-refractivity contribution in [1.82, 2.24) is 9.97 Å². The highest BCUT2D eigenvalue weighted by Crippen LogP contribution is 2.31. The van der Waals surface area contributed by atoms with E-state index in [-0.39, 0.29) is 5.82 Å². The summed E-state index contributed by atoms with van der Waals surface area (Å²) in [4.78, 5) is 6.72. The van der Waals surface area contributed by atoms with Gasteiger partial charge in [0.25, 0.3) is 0 Å². The smallest absolute Gasteiger partial charge is 0.406 e. The number of H-pyrrole nitrogens is 1. The minimum Gasteiger partial charge on any atom is -0.406 e. The first-order valence-electron chi connectivity index (χ1n) is 6.03. The third kappa shape index (κ3) is 2.72. The molecule has 0 bridgehead atoms. The summed E-state index contributed by atoms with van der Waals surface area (Å²) >= 11 is 0. The fourth-order valence-electron chi connectivity index (χ4n) is 2.04. The minimum absolute atomic E-state index is 0.116. The molecule has 2 aromatic carbocycles. The van der Waals surface area contributed by atoms with Gasteiger partial charge in [-0.15, -0.1) is 13.2 Å². The van der Waals surface area contributed by atoms with Crippen molar-refractivity contribution < 1.29 is 26.7 Å². The topological polar surface area (TPSA) is 37.9 Å². The number of hydrogen-bond donors (Lipinski definition) is 1. The molecule has 0 amide bonds. The lowest BCUT2D eigenvalue weighted by molar-refractivity contribution is -0.274. The molecule has 0 saturated carbocycles. The SMILES string of the molecule is Fc1cc(OC(F)(F)F)cc(F)c1-c1nc2ccccc2[nH]1. The first kappa shape index (κ1) is 14.3. The normalized spacial score (nSPS) is 11.9. The Morgan fingerprint density at radius 3 is 2.23 bits per heavy atom. The molecule has 0 aliphatic carbocycles. The number of hydrogen-bond acceptors (Lipinski definition) is 2. The van der Waals surface area contributed by atoms with Crippen molar-refractivity contribution in [1.29, 1.82) is 0 Å². The van der Waals surface area contributed by atoms with E-state index in [1.807, 2.05) is 0 Å². The number of imidazole rings is 1. The van der Waals surface area contributed by atoms with Crippen LogP contribution in [0.25, 0.3) is 22.4 Å². The van der Waals surface area contributed by atoms with E-state index in [2.05, 4.69) is 14.7 Å². The van der Waals surface area contributed by atoms with E-state index in [9.17, 15) is 22.0 Å². The predicted octanol–water partition coefficient (Wildman–Crippen LogP) is 4.41. The number of nitrogens with one attached hydrogen (secondary N) is 1. The molecule has 0 aliphatic rings. The van der Waals surface area contributed by atoms with Crippen LogP contribution in [0.5, 0.6) is 5.75 Å². The van der Waals surface area contributed by atoms with Crippen molar-refractivity contribution in [3.8, 4) is 17.1 Å². The molecule has 3 aromatic rings. The monoisotopic (exact) mass is 314 g/mol. The van der Waals surface area contributed by atoms with E-state index >= 15 is 0 Å². The Balaban J connectivity index is 2.07. The van der Waals surface area contributed by atoms with Crippen molar-refractivity contribution in [3.63, 3.8) is 0 Å². The minimum atomic E-state index is -5.03. The van der Waals surface area contributed by atoms with Gasteiger partial charge in [-0.2, -0.15) is 0 Å². The van der Waals surface area contributed by atoms with Crippen LogP contribution < -0.4 is 4.74 Å². The van der Waals surface area contributed by atoms with Crippen LogP contribution in [0.4, 0.5) is 22.0 Å². The maximum Gasteiger partial charge on any atom is 0.573 e. The lowest BCUT2D eigenvalue weighted by Crippen LogP contribution is -2.17. The summed E-state index contributed by atoms with van der Waals surface area (Å²) in [5, 5.41) is 0. The second-order valence-corrected chi connectivity index (χ2v) is 4.41. The Morgan fingerprint density at radius 2 is 1.64 bits per heavy atom. The molecule has 0 radical (unpaired) electrons. The molecule has 0 aliphatic heterocycles. The van der Waals surface area contributed by atoms with Crippen molar-refractivity contribution in [3.05, 3.63) is 48.0 Å². The number of aromatic amines is 1. The van der Waals surface area contributed by atoms with Crippen LogP contribution in [0.1, 0.15) is 0 Å². The molecule has 0 unspecified atom stereocenters. The standard InChI is InChI=1S/C14H7F5N2O/c15-8-5-7(22-14(17,18)19)6-9(16)12(8)13-20-10-3-1-2-4-11(10)21-13/h1-6H,(H,20,21). The molecule has 0 fully saturated rings. The number of nitrogens with zero attached hydrogens (tertiary/aromatic N) is 1. The summed E-state index contributed by atoms with van der Waals surface area (Å²) in [5.41, 5.74) is 0.476. The highest BCUT2D eigenvalue weighted by Gasteiger charge is 2.32. The van der Waals surface area contributed by atoms with Crippen molar-refractivity contribution in [2.75, 3.05) is 0 Å². The van der Waals surface area contributed by atoms with Crippen LogP contribution in [-0.4, -0.2) is 16.3 Å². The number of alkyl halides is 3. The predicted molar refractivity (Wildman–Crippen MR) is 68.1 cm³/mol. The zero-order valence-corrected chi connectivity index (χ0v) is 10.7. The van der Waals surface area contributed by atoms with E-state index in [0.717, 1.165) is 0 Å². The molecule has 1 N–H and O–H groups in total. The van der Waals surface area contributed by atoms with Gasteiger partial charge >= 0.3 is 6.36 Å². The van der Waals surface area contributed by atoms with Gasteiger partial charge in [0.1, 0.15) is 23.2 Å². The van der Waals surface area contributed by atoms with Crippen LogP contribution >= 0.6 is 0 Å². The van der Waals surface area contributed by atoms with Crippen molar-refractivity contribution in [2.45, 2.75) is 6.36 Å². The van der Waals surface area contributed by atoms with Gasteiger partial charge in [0, 0.05) is 12.1 Å². The Kier molecular flexibility index (Phi) is 3.23. The molecule has 0 spiro atoms. The number of ether oxygens (including phenoxy) is 1. The van der Waals surface area contributed by atoms with Crippen LogP contribution in [0, 0.1) is 11.6 Å². The molecule has 3 rings (SSSR count). The molecular formula is C14H7F5N2O. The van der Waals surface area contributed by atoms with Gasteiger partial charge in [-0.1, -0.05) is 12.1 Å². The van der Waals surface area contributed by atoms with E-state index in [1.165, 1.54) is 0 Å². The lowest BCUT2D eigenvalue weighted by atomic mass is 10.2. The van der Waals surface area contributed by atoms with Gasteiger partial charge < -0.3 is 9.72 Å². The second kappa shape index (κ2) is 4.97. The third-order valence-electron chi connectivity index (χ3n) is 2.88. The van der Waals surface area contributed by atoms with E-state index in [0.29, 0.717) is 23.2 Å². The quantitative estimate of drug-likeness (QED) is 0.712. The molecule has 3 nitrogen and oxygen atoms in total. The van der Waals surface area contributed by atoms with Crippen molar-refractivity contribution in [2.24, 2.45) is 0 Å². The maximum atomic E-state index is 14.0. The lowest BCUT2D eigenvalue weighted by Gasteiger charge is -2.10. The van der Waals surface area contributed by atoms with Crippen LogP contribution in [-0.2, 0) is 0 Å². The van der Waals surface area contributed by atoms with Gasteiger partial charge in [-0.3, -0.25) is 0 Å². The molecule has 22 heavy (non-hydrogen) atoms. The zero-order chi connectivity index (χ0) is 15.9. The van der Waals surface area contributed by atoms with Gasteiger partial charge in [0.2, 0.25) is 0 Å². The molecule has 8 heteroatoms. The highest BCUT2D eigenvalue weighted by atomic mass is 19.4. The molecular weight excluding hydrogens is 307 g/mol. The van der Waals surface area contributed by atoms with E-state index in [1.54, 1.807) is 24.3 Å². The first-order chi connectivity index (χ1) is 10.3. The van der Waals surface area contributed by atoms with Crippen LogP contribution in [0.2, 0.25) is 0 Å². The summed E-state index contributed by atoms with van der Waals surface area (Å²) in [6, 6.07) is 7.60. The van der Waals surface area contributed by atoms with Gasteiger partial charge in [-0.05, 0) is 12.1 Å². The summed E-state index contributed by atoms with van der Waals surface area (Å²) < 4.78 is 67.7. The fourth-order valence-corrected chi connectivity index (χ4v) is 2.04. The highest BCUT2D eigenvalue weighted by molar-refractivity contribution is 5.79. The maximum absolute atomic E-state index is 14.0. The number of rotatable bonds is 2. The summed E-state index contributed by atoms with van der Waals surface area (Å²) in [6.07, 6.45) is -5.03. The van der Waals surface area contributed by atoms with Crippen LogP contribution in [0.3, 0.4) is 0 Å². The number of aromatic nitrogens is 2. The van der Waals surface area contributed by atoms with Gasteiger partial charge in [0.05, 0.1) is 16.6 Å². The Bertz CT molecular complexity index is 785.